The second-order valence-electron chi connectivity index (χ2n) is 6.34. The molecule has 0 bridgehead atoms. The Morgan fingerprint density at radius 3 is 2.45 bits per heavy atom. The van der Waals surface area contributed by atoms with Crippen molar-refractivity contribution in [1.29, 1.82) is 0 Å². The molecule has 110 valence electrons. The molecule has 0 spiro atoms. The van der Waals surface area contributed by atoms with E-state index in [0.29, 0.717) is 0 Å². The van der Waals surface area contributed by atoms with Crippen LogP contribution >= 0.6 is 0 Å². The average molecular weight is 284 g/mol. The van der Waals surface area contributed by atoms with Crippen LogP contribution in [0.2, 0.25) is 0 Å². The number of ether oxygens (including phenoxy) is 4. The lowest BCUT2D eigenvalue weighted by atomic mass is 9.67. The minimum Gasteiger partial charge on any atom is -0.461 e. The van der Waals surface area contributed by atoms with Crippen molar-refractivity contribution in [2.45, 2.75) is 39.1 Å². The van der Waals surface area contributed by atoms with Gasteiger partial charge in [-0.2, -0.15) is 0 Å². The zero-order chi connectivity index (χ0) is 14.7. The zero-order valence-corrected chi connectivity index (χ0v) is 11.5. The highest BCUT2D eigenvalue weighted by Gasteiger charge is 2.70. The maximum absolute atomic E-state index is 11.7. The monoisotopic (exact) mass is 284 g/mol. The van der Waals surface area contributed by atoms with Crippen LogP contribution in [-0.4, -0.2) is 43.0 Å². The summed E-state index contributed by atoms with van der Waals surface area (Å²) in [5.74, 6) is -1.57. The van der Waals surface area contributed by atoms with Gasteiger partial charge >= 0.3 is 18.1 Å². The average Bonchev–Trinajstić information content (AvgIpc) is 2.77. The molecule has 2 saturated heterocycles. The Morgan fingerprint density at radius 2 is 1.80 bits per heavy atom. The summed E-state index contributed by atoms with van der Waals surface area (Å²) in [6.45, 7) is 5.20. The van der Waals surface area contributed by atoms with Crippen LogP contribution in [0.3, 0.4) is 0 Å². The van der Waals surface area contributed by atoms with Gasteiger partial charge in [-0.3, -0.25) is 9.59 Å². The summed E-state index contributed by atoms with van der Waals surface area (Å²) < 4.78 is 20.3. The van der Waals surface area contributed by atoms with Crippen LogP contribution in [-0.2, 0) is 28.5 Å². The molecule has 0 radical (unpaired) electrons. The summed E-state index contributed by atoms with van der Waals surface area (Å²) in [6, 6.07) is 0. The van der Waals surface area contributed by atoms with E-state index in [1.165, 1.54) is 0 Å². The van der Waals surface area contributed by atoms with Gasteiger partial charge in [0, 0.05) is 0 Å². The molecule has 0 aromatic heterocycles. The molecular formula is C13H16O7. The minimum atomic E-state index is -0.757. The van der Waals surface area contributed by atoms with Gasteiger partial charge in [-0.15, -0.1) is 0 Å². The van der Waals surface area contributed by atoms with Gasteiger partial charge in [0.15, 0.2) is 12.2 Å². The van der Waals surface area contributed by atoms with Crippen LogP contribution in [0.15, 0.2) is 0 Å². The van der Waals surface area contributed by atoms with Crippen LogP contribution in [0.4, 0.5) is 4.79 Å². The Kier molecular flexibility index (Phi) is 2.71. The van der Waals surface area contributed by atoms with Crippen molar-refractivity contribution in [2.24, 2.45) is 17.3 Å². The van der Waals surface area contributed by atoms with E-state index in [2.05, 4.69) is 0 Å². The van der Waals surface area contributed by atoms with Gasteiger partial charge in [-0.05, 0) is 20.8 Å². The van der Waals surface area contributed by atoms with E-state index in [-0.39, 0.29) is 18.5 Å². The highest BCUT2D eigenvalue weighted by molar-refractivity contribution is 5.80. The molecule has 0 N–H and O–H groups in total. The molecule has 0 unspecified atom stereocenters. The van der Waals surface area contributed by atoms with Crippen molar-refractivity contribution in [1.82, 2.24) is 0 Å². The van der Waals surface area contributed by atoms with Gasteiger partial charge in [-0.25, -0.2) is 4.79 Å². The van der Waals surface area contributed by atoms with E-state index in [1.807, 2.05) is 0 Å². The Bertz CT molecular complexity index is 478. The third-order valence-corrected chi connectivity index (χ3v) is 3.90. The molecular weight excluding hydrogens is 268 g/mol. The molecule has 0 amide bonds. The summed E-state index contributed by atoms with van der Waals surface area (Å²) in [4.78, 5) is 34.5. The van der Waals surface area contributed by atoms with Gasteiger partial charge < -0.3 is 18.9 Å². The first-order valence-electron chi connectivity index (χ1n) is 6.54. The fourth-order valence-corrected chi connectivity index (χ4v) is 2.80. The molecule has 2 aliphatic heterocycles. The van der Waals surface area contributed by atoms with Crippen LogP contribution in [0, 0.1) is 17.3 Å². The molecule has 0 aromatic rings. The van der Waals surface area contributed by atoms with E-state index in [1.54, 1.807) is 20.8 Å². The van der Waals surface area contributed by atoms with Crippen LogP contribution in [0.25, 0.3) is 0 Å². The summed E-state index contributed by atoms with van der Waals surface area (Å²) in [5.41, 5.74) is -0.618. The molecule has 3 fully saturated rings. The van der Waals surface area contributed by atoms with Crippen LogP contribution in [0.5, 0.6) is 0 Å². The zero-order valence-electron chi connectivity index (χ0n) is 11.5. The molecule has 1 aliphatic carbocycles. The Morgan fingerprint density at radius 1 is 1.15 bits per heavy atom. The number of hydrogen-bond acceptors (Lipinski definition) is 7. The number of hydrogen-bond donors (Lipinski definition) is 0. The molecule has 7 nitrogen and oxygen atoms in total. The third kappa shape index (κ3) is 1.83. The molecule has 7 heteroatoms. The highest BCUT2D eigenvalue weighted by Crippen LogP contribution is 2.50. The molecule has 5 atom stereocenters. The molecule has 3 aliphatic rings. The van der Waals surface area contributed by atoms with E-state index in [0.717, 1.165) is 0 Å². The van der Waals surface area contributed by atoms with E-state index >= 15 is 0 Å². The second-order valence-corrected chi connectivity index (χ2v) is 6.34. The van der Waals surface area contributed by atoms with Gasteiger partial charge in [0.05, 0.1) is 11.3 Å². The summed E-state index contributed by atoms with van der Waals surface area (Å²) in [5, 5.41) is 0. The topological polar surface area (TPSA) is 88.1 Å². The summed E-state index contributed by atoms with van der Waals surface area (Å²) in [7, 11) is 0. The lowest BCUT2D eigenvalue weighted by Gasteiger charge is -2.37. The SMILES string of the molecule is CC(C)(C)C(=O)OC[C@H]1OC(=O)[C@H]2[C@@H]3OC(=O)O[C@@H]3[C@H]21. The van der Waals surface area contributed by atoms with E-state index < -0.39 is 41.8 Å². The van der Waals surface area contributed by atoms with Crippen molar-refractivity contribution in [2.75, 3.05) is 6.61 Å². The summed E-state index contributed by atoms with van der Waals surface area (Å²) in [6.07, 6.45) is -2.36. The van der Waals surface area contributed by atoms with E-state index in [9.17, 15) is 14.4 Å². The first-order chi connectivity index (χ1) is 9.29. The number of esters is 2. The number of rotatable bonds is 2. The number of fused-ring (bicyclic) bond motifs is 4. The quantitative estimate of drug-likeness (QED) is 0.543. The smallest absolute Gasteiger partial charge is 0.461 e. The van der Waals surface area contributed by atoms with E-state index in [4.69, 9.17) is 18.9 Å². The van der Waals surface area contributed by atoms with Crippen LogP contribution in [0.1, 0.15) is 20.8 Å². The second kappa shape index (κ2) is 4.10. The number of cyclic esters (lactones) is 1. The predicted molar refractivity (Wildman–Crippen MR) is 62.4 cm³/mol. The third-order valence-electron chi connectivity index (χ3n) is 3.90. The summed E-state index contributed by atoms with van der Waals surface area (Å²) >= 11 is 0. The lowest BCUT2D eigenvalue weighted by molar-refractivity contribution is -0.160. The Hall–Kier alpha value is -1.79. The fraction of sp³-hybridized carbons (Fsp3) is 0.769. The fourth-order valence-electron chi connectivity index (χ4n) is 2.80. The normalized spacial score (nSPS) is 38.0. The maximum Gasteiger partial charge on any atom is 0.509 e. The number of carbonyl (C=O) groups excluding carboxylic acids is 3. The van der Waals surface area contributed by atoms with Gasteiger partial charge in [0.25, 0.3) is 0 Å². The molecule has 0 aromatic carbocycles. The Balaban J connectivity index is 1.63. The minimum absolute atomic E-state index is 0.0240. The van der Waals surface area contributed by atoms with Crippen molar-refractivity contribution in [3.8, 4) is 0 Å². The van der Waals surface area contributed by atoms with Gasteiger partial charge in [-0.1, -0.05) is 0 Å². The van der Waals surface area contributed by atoms with Crippen LogP contribution < -0.4 is 0 Å². The Labute approximate surface area is 115 Å². The molecule has 1 saturated carbocycles. The van der Waals surface area contributed by atoms with Crippen molar-refractivity contribution < 1.29 is 33.3 Å². The van der Waals surface area contributed by atoms with Gasteiger partial charge in [0.1, 0.15) is 18.6 Å². The highest BCUT2D eigenvalue weighted by atomic mass is 16.8. The van der Waals surface area contributed by atoms with Crippen molar-refractivity contribution in [3.63, 3.8) is 0 Å². The standard InChI is InChI=1S/C13H16O7/c1-13(2,3)11(15)17-4-5-6-7(10(14)18-5)9-8(6)19-12(16)20-9/h5-9H,4H2,1-3H3/t5-,6+,7-,8-,9+/m1/s1. The largest absolute Gasteiger partial charge is 0.509 e. The van der Waals surface area contributed by atoms with Crippen molar-refractivity contribution in [3.05, 3.63) is 0 Å². The maximum atomic E-state index is 11.7. The molecule has 20 heavy (non-hydrogen) atoms. The first-order valence-corrected chi connectivity index (χ1v) is 6.54. The molecule has 3 rings (SSSR count). The number of carbonyl (C=O) groups is 3. The van der Waals surface area contributed by atoms with Gasteiger partial charge in [0.2, 0.25) is 0 Å². The predicted octanol–water partition coefficient (Wildman–Crippen LogP) is 0.651. The molecule has 2 heterocycles. The lowest BCUT2D eigenvalue weighted by Crippen LogP contribution is -2.56. The first kappa shape index (κ1) is 13.2. The van der Waals surface area contributed by atoms with Crippen molar-refractivity contribution >= 4 is 18.1 Å².